The summed E-state index contributed by atoms with van der Waals surface area (Å²) in [4.78, 5) is 31.6. The fourth-order valence-corrected chi connectivity index (χ4v) is 4.92. The molecule has 3 aromatic rings. The lowest BCUT2D eigenvalue weighted by molar-refractivity contribution is -0.139. The lowest BCUT2D eigenvalue weighted by Gasteiger charge is -2.25. The van der Waals surface area contributed by atoms with Gasteiger partial charge < -0.3 is 19.5 Å². The maximum atomic E-state index is 13.6. The average molecular weight is 514 g/mol. The van der Waals surface area contributed by atoms with Gasteiger partial charge in [0.15, 0.2) is 16.3 Å². The quantitative estimate of drug-likeness (QED) is 0.486. The van der Waals surface area contributed by atoms with Crippen molar-refractivity contribution in [1.82, 2.24) is 4.57 Å². The number of aromatic nitrogens is 1. The number of hydrogen-bond acceptors (Lipinski definition) is 8. The highest BCUT2D eigenvalue weighted by molar-refractivity contribution is 7.07. The smallest absolute Gasteiger partial charge is 0.338 e. The Morgan fingerprint density at radius 1 is 1.17 bits per heavy atom. The predicted octanol–water partition coefficient (Wildman–Crippen LogP) is 3.49. The van der Waals surface area contributed by atoms with E-state index in [0.29, 0.717) is 42.7 Å². The van der Waals surface area contributed by atoms with E-state index in [-0.39, 0.29) is 12.2 Å². The summed E-state index contributed by atoms with van der Waals surface area (Å²) < 4.78 is 18.1. The van der Waals surface area contributed by atoms with Crippen LogP contribution < -0.4 is 29.7 Å². The van der Waals surface area contributed by atoms with Gasteiger partial charge in [0.05, 0.1) is 38.1 Å². The molecule has 0 saturated heterocycles. The van der Waals surface area contributed by atoms with Crippen molar-refractivity contribution in [1.29, 1.82) is 0 Å². The number of nitrogens with zero attached hydrogens (tertiary/aromatic N) is 2. The molecule has 10 heteroatoms. The van der Waals surface area contributed by atoms with Gasteiger partial charge >= 0.3 is 5.97 Å². The molecule has 8 nitrogen and oxygen atoms in total. The number of hydrogen-bond donors (Lipinski definition) is 1. The molecule has 0 spiro atoms. The molecule has 0 bridgehead atoms. The molecule has 2 heterocycles. The second kappa shape index (κ2) is 10.4. The summed E-state index contributed by atoms with van der Waals surface area (Å²) in [6.07, 6.45) is 1.63. The maximum absolute atomic E-state index is 13.6. The summed E-state index contributed by atoms with van der Waals surface area (Å²) >= 11 is 7.18. The molecular formula is C25H24ClN3O5S. The summed E-state index contributed by atoms with van der Waals surface area (Å²) in [5.41, 5.74) is 1.94. The molecule has 0 saturated carbocycles. The average Bonchev–Trinajstić information content (AvgIpc) is 3.17. The van der Waals surface area contributed by atoms with Crippen molar-refractivity contribution in [3.05, 3.63) is 84.0 Å². The molecule has 0 unspecified atom stereocenters. The Morgan fingerprint density at radius 3 is 2.54 bits per heavy atom. The van der Waals surface area contributed by atoms with Crippen molar-refractivity contribution < 1.29 is 19.0 Å². The Hall–Kier alpha value is -3.56. The first kappa shape index (κ1) is 24.6. The van der Waals surface area contributed by atoms with Crippen LogP contribution in [0.1, 0.15) is 25.5 Å². The fourth-order valence-electron chi connectivity index (χ4n) is 3.82. The molecule has 182 valence electrons. The molecule has 1 atom stereocenters. The Bertz CT molecular complexity index is 1470. The standard InChI is InChI=1S/C25H24ClN3O5S/c1-5-34-24(31)21-14(2)28-25-29(22(21)15-6-11-18(32-3)19(12-15)33-4)23(30)20(35-25)13-27-17-9-7-16(26)8-10-17/h6-13,22,27H,5H2,1-4H3/b20-13-/t22-/m1/s1. The first-order chi connectivity index (χ1) is 16.9. The van der Waals surface area contributed by atoms with Crippen molar-refractivity contribution >= 4 is 40.8 Å². The normalized spacial score (nSPS) is 15.3. The van der Waals surface area contributed by atoms with E-state index in [1.807, 2.05) is 12.1 Å². The van der Waals surface area contributed by atoms with E-state index >= 15 is 0 Å². The number of esters is 1. The summed E-state index contributed by atoms with van der Waals surface area (Å²) in [6, 6.07) is 11.7. The van der Waals surface area contributed by atoms with E-state index < -0.39 is 12.0 Å². The molecular weight excluding hydrogens is 490 g/mol. The van der Waals surface area contributed by atoms with Crippen LogP contribution in [0.2, 0.25) is 5.02 Å². The maximum Gasteiger partial charge on any atom is 0.338 e. The van der Waals surface area contributed by atoms with E-state index in [0.717, 1.165) is 5.69 Å². The van der Waals surface area contributed by atoms with E-state index in [1.54, 1.807) is 57.5 Å². The number of ether oxygens (including phenoxy) is 3. The Balaban J connectivity index is 1.88. The van der Waals surface area contributed by atoms with Crippen molar-refractivity contribution in [2.75, 3.05) is 26.1 Å². The van der Waals surface area contributed by atoms with Crippen LogP contribution >= 0.6 is 22.9 Å². The third kappa shape index (κ3) is 4.82. The predicted molar refractivity (Wildman–Crippen MR) is 136 cm³/mol. The van der Waals surface area contributed by atoms with Crippen LogP contribution in [0, 0.1) is 0 Å². The second-order valence-corrected chi connectivity index (χ2v) is 9.01. The van der Waals surface area contributed by atoms with Crippen LogP contribution in [0.15, 0.2) is 63.5 Å². The number of fused-ring (bicyclic) bond motifs is 1. The van der Waals surface area contributed by atoms with Crippen LogP contribution in [0.25, 0.3) is 6.20 Å². The molecule has 1 aliphatic heterocycles. The highest BCUT2D eigenvalue weighted by Crippen LogP contribution is 2.36. The van der Waals surface area contributed by atoms with Crippen LogP contribution in [-0.2, 0) is 9.53 Å². The number of benzene rings is 2. The molecule has 0 amide bonds. The first-order valence-corrected chi connectivity index (χ1v) is 12.0. The first-order valence-electron chi connectivity index (χ1n) is 10.8. The minimum atomic E-state index is -0.747. The van der Waals surface area contributed by atoms with Gasteiger partial charge in [0.1, 0.15) is 4.53 Å². The zero-order valence-electron chi connectivity index (χ0n) is 19.6. The molecule has 35 heavy (non-hydrogen) atoms. The highest BCUT2D eigenvalue weighted by Gasteiger charge is 2.33. The SMILES string of the molecule is CCOC(=O)C1=C(C)N=c2s/c(=C\Nc3ccc(Cl)cc3)c(=O)n2[C@@H]1c1ccc(OC)c(OC)c1. The van der Waals surface area contributed by atoms with Crippen molar-refractivity contribution in [2.24, 2.45) is 4.99 Å². The summed E-state index contributed by atoms with van der Waals surface area (Å²) in [7, 11) is 3.07. The van der Waals surface area contributed by atoms with Gasteiger partial charge in [0, 0.05) is 16.9 Å². The van der Waals surface area contributed by atoms with Crippen molar-refractivity contribution in [3.63, 3.8) is 0 Å². The van der Waals surface area contributed by atoms with Gasteiger partial charge in [0.25, 0.3) is 5.56 Å². The van der Waals surface area contributed by atoms with E-state index in [2.05, 4.69) is 10.3 Å². The summed E-state index contributed by atoms with van der Waals surface area (Å²) in [6.45, 7) is 3.67. The van der Waals surface area contributed by atoms with Gasteiger partial charge in [-0.25, -0.2) is 9.79 Å². The van der Waals surface area contributed by atoms with Gasteiger partial charge in [-0.05, 0) is 55.8 Å². The van der Waals surface area contributed by atoms with E-state index in [9.17, 15) is 9.59 Å². The number of nitrogens with one attached hydrogen (secondary N) is 1. The second-order valence-electron chi connectivity index (χ2n) is 7.57. The number of rotatable bonds is 7. The van der Waals surface area contributed by atoms with Crippen LogP contribution in [0.3, 0.4) is 0 Å². The topological polar surface area (TPSA) is 91.2 Å². The van der Waals surface area contributed by atoms with Gasteiger partial charge in [-0.15, -0.1) is 0 Å². The Kier molecular flexibility index (Phi) is 7.28. The molecule has 0 radical (unpaired) electrons. The van der Waals surface area contributed by atoms with Crippen LogP contribution in [0.4, 0.5) is 5.69 Å². The summed E-state index contributed by atoms with van der Waals surface area (Å²) in [5, 5.41) is 3.74. The summed E-state index contributed by atoms with van der Waals surface area (Å²) in [5.74, 6) is 0.491. The van der Waals surface area contributed by atoms with Gasteiger partial charge in [-0.2, -0.15) is 0 Å². The van der Waals surface area contributed by atoms with Crippen LogP contribution in [-0.4, -0.2) is 31.4 Å². The molecule has 1 N–H and O–H groups in total. The Morgan fingerprint density at radius 2 is 1.89 bits per heavy atom. The Labute approximate surface area is 210 Å². The van der Waals surface area contributed by atoms with Crippen molar-refractivity contribution in [2.45, 2.75) is 19.9 Å². The number of methoxy groups -OCH3 is 2. The molecule has 1 aromatic heterocycles. The minimum Gasteiger partial charge on any atom is -0.493 e. The van der Waals surface area contributed by atoms with Crippen LogP contribution in [0.5, 0.6) is 11.5 Å². The number of carbonyl (C=O) groups excluding carboxylic acids is 1. The highest BCUT2D eigenvalue weighted by atomic mass is 35.5. The van der Waals surface area contributed by atoms with E-state index in [1.165, 1.54) is 23.0 Å². The fraction of sp³-hybridized carbons (Fsp3) is 0.240. The third-order valence-electron chi connectivity index (χ3n) is 5.45. The molecule has 0 fully saturated rings. The zero-order valence-corrected chi connectivity index (χ0v) is 21.2. The number of anilines is 1. The number of allylic oxidation sites excluding steroid dienone is 1. The minimum absolute atomic E-state index is 0.198. The lowest BCUT2D eigenvalue weighted by Crippen LogP contribution is -2.40. The molecule has 2 aromatic carbocycles. The van der Waals surface area contributed by atoms with Gasteiger partial charge in [-0.1, -0.05) is 29.0 Å². The van der Waals surface area contributed by atoms with Gasteiger partial charge in [-0.3, -0.25) is 9.36 Å². The van der Waals surface area contributed by atoms with E-state index in [4.69, 9.17) is 25.8 Å². The zero-order chi connectivity index (χ0) is 25.1. The number of carbonyl (C=O) groups is 1. The molecule has 1 aliphatic rings. The molecule has 0 aliphatic carbocycles. The van der Waals surface area contributed by atoms with Crippen molar-refractivity contribution in [3.8, 4) is 11.5 Å². The monoisotopic (exact) mass is 513 g/mol. The number of thiazole rings is 1. The lowest BCUT2D eigenvalue weighted by atomic mass is 9.95. The third-order valence-corrected chi connectivity index (χ3v) is 6.69. The molecule has 4 rings (SSSR count). The van der Waals surface area contributed by atoms with Gasteiger partial charge in [0.2, 0.25) is 0 Å². The largest absolute Gasteiger partial charge is 0.493 e. The number of halogens is 1.